The number of nitrogens with one attached hydrogen (secondary N) is 2. The average Bonchev–Trinajstić information content (AvgIpc) is 3.22. The molecule has 0 bridgehead atoms. The Morgan fingerprint density at radius 3 is 2.83 bits per heavy atom. The van der Waals surface area contributed by atoms with Crippen molar-refractivity contribution in [3.05, 3.63) is 82.8 Å². The maximum absolute atomic E-state index is 9.50. The number of aromatic nitrogens is 3. The lowest BCUT2D eigenvalue weighted by atomic mass is 9.92. The standard InChI is InChI=1S/C24H16ClN5/c1-13-6-7-15-8-19(17-9-20(25)23-21(10-17)27-12-28-23)22(30-24(15)29-13)18-5-3-4-16(11-26)14(18)2/h3-10,12H,1H2,2H3,(H,27,28)(H,29,30). The van der Waals surface area contributed by atoms with Crippen LogP contribution in [0.15, 0.2) is 61.1 Å². The maximum atomic E-state index is 9.50. The number of imidazole rings is 1. The fourth-order valence-electron chi connectivity index (χ4n) is 3.74. The molecule has 0 radical (unpaired) electrons. The summed E-state index contributed by atoms with van der Waals surface area (Å²) in [7, 11) is 0. The van der Waals surface area contributed by atoms with E-state index in [2.05, 4.69) is 34.0 Å². The second kappa shape index (κ2) is 6.87. The summed E-state index contributed by atoms with van der Waals surface area (Å²) in [6.07, 6.45) is 5.54. The Balaban J connectivity index is 1.83. The summed E-state index contributed by atoms with van der Waals surface area (Å²) in [4.78, 5) is 12.4. The average molecular weight is 410 g/mol. The number of halogens is 1. The number of hydrogen-bond donors (Lipinski definition) is 2. The van der Waals surface area contributed by atoms with E-state index in [0.717, 1.165) is 56.1 Å². The molecule has 3 heterocycles. The number of anilines is 1. The van der Waals surface area contributed by atoms with Gasteiger partial charge in [-0.3, -0.25) is 0 Å². The van der Waals surface area contributed by atoms with Gasteiger partial charge in [0.2, 0.25) is 0 Å². The molecule has 2 N–H and O–H groups in total. The number of nitrogens with zero attached hydrogens (tertiary/aromatic N) is 3. The first-order chi connectivity index (χ1) is 14.5. The van der Waals surface area contributed by atoms with E-state index >= 15 is 0 Å². The van der Waals surface area contributed by atoms with E-state index in [-0.39, 0.29) is 0 Å². The van der Waals surface area contributed by atoms with Crippen molar-refractivity contribution in [1.29, 1.82) is 5.26 Å². The van der Waals surface area contributed by atoms with Crippen LogP contribution in [0.2, 0.25) is 5.02 Å². The van der Waals surface area contributed by atoms with Crippen LogP contribution in [0.3, 0.4) is 0 Å². The van der Waals surface area contributed by atoms with Crippen molar-refractivity contribution in [2.24, 2.45) is 0 Å². The minimum Gasteiger partial charge on any atom is -0.345 e. The summed E-state index contributed by atoms with van der Waals surface area (Å²) >= 11 is 6.51. The van der Waals surface area contributed by atoms with Crippen molar-refractivity contribution >= 4 is 34.5 Å². The molecular weight excluding hydrogens is 394 g/mol. The molecule has 0 atom stereocenters. The highest BCUT2D eigenvalue weighted by Gasteiger charge is 2.19. The molecule has 5 nitrogen and oxygen atoms in total. The number of aromatic amines is 1. The molecule has 30 heavy (non-hydrogen) atoms. The van der Waals surface area contributed by atoms with E-state index in [1.165, 1.54) is 0 Å². The van der Waals surface area contributed by atoms with Gasteiger partial charge in [-0.2, -0.15) is 5.26 Å². The molecule has 0 amide bonds. The first kappa shape index (κ1) is 18.2. The third-order valence-corrected chi connectivity index (χ3v) is 5.58. The number of allylic oxidation sites excluding steroid dienone is 1. The molecule has 2 aromatic carbocycles. The first-order valence-electron chi connectivity index (χ1n) is 9.37. The van der Waals surface area contributed by atoms with Crippen molar-refractivity contribution in [2.45, 2.75) is 6.92 Å². The fourth-order valence-corrected chi connectivity index (χ4v) is 4.01. The predicted octanol–water partition coefficient (Wildman–Crippen LogP) is 6.08. The molecule has 1 aliphatic heterocycles. The third-order valence-electron chi connectivity index (χ3n) is 5.29. The molecule has 0 aliphatic carbocycles. The van der Waals surface area contributed by atoms with Crippen LogP contribution in [0, 0.1) is 18.3 Å². The van der Waals surface area contributed by atoms with Crippen LogP contribution in [0.5, 0.6) is 0 Å². The van der Waals surface area contributed by atoms with E-state index in [1.54, 1.807) is 6.33 Å². The topological polar surface area (TPSA) is 77.4 Å². The van der Waals surface area contributed by atoms with Gasteiger partial charge in [-0.05, 0) is 54.5 Å². The fraction of sp³-hybridized carbons (Fsp3) is 0.0417. The Bertz CT molecular complexity index is 1420. The van der Waals surface area contributed by atoms with Crippen molar-refractivity contribution in [3.63, 3.8) is 0 Å². The zero-order valence-electron chi connectivity index (χ0n) is 16.1. The zero-order valence-corrected chi connectivity index (χ0v) is 16.9. The maximum Gasteiger partial charge on any atom is 0.138 e. The first-order valence-corrected chi connectivity index (χ1v) is 9.75. The highest BCUT2D eigenvalue weighted by molar-refractivity contribution is 6.35. The molecule has 4 aromatic rings. The Morgan fingerprint density at radius 1 is 1.13 bits per heavy atom. The molecule has 144 valence electrons. The van der Waals surface area contributed by atoms with Gasteiger partial charge in [0.1, 0.15) is 11.3 Å². The van der Waals surface area contributed by atoms with E-state index in [4.69, 9.17) is 16.6 Å². The smallest absolute Gasteiger partial charge is 0.138 e. The van der Waals surface area contributed by atoms with Gasteiger partial charge in [0.25, 0.3) is 0 Å². The quantitative estimate of drug-likeness (QED) is 0.420. The van der Waals surface area contributed by atoms with Gasteiger partial charge in [-0.25, -0.2) is 9.97 Å². The summed E-state index contributed by atoms with van der Waals surface area (Å²) in [5.41, 5.74) is 8.33. The molecule has 0 saturated carbocycles. The molecule has 1 aliphatic rings. The number of benzene rings is 2. The Kier molecular flexibility index (Phi) is 4.16. The predicted molar refractivity (Wildman–Crippen MR) is 121 cm³/mol. The van der Waals surface area contributed by atoms with E-state index in [9.17, 15) is 5.26 Å². The second-order valence-corrected chi connectivity index (χ2v) is 7.56. The normalized spacial score (nSPS) is 12.5. The van der Waals surface area contributed by atoms with Gasteiger partial charge in [0.15, 0.2) is 0 Å². The number of fused-ring (bicyclic) bond motifs is 2. The van der Waals surface area contributed by atoms with Crippen LogP contribution in [-0.2, 0) is 0 Å². The van der Waals surface area contributed by atoms with Gasteiger partial charge in [0, 0.05) is 22.4 Å². The summed E-state index contributed by atoms with van der Waals surface area (Å²) in [5.74, 6) is 0.733. The highest BCUT2D eigenvalue weighted by Crippen LogP contribution is 2.39. The van der Waals surface area contributed by atoms with Crippen LogP contribution in [0.4, 0.5) is 5.82 Å². The van der Waals surface area contributed by atoms with Crippen molar-refractivity contribution < 1.29 is 0 Å². The number of H-pyrrole nitrogens is 1. The highest BCUT2D eigenvalue weighted by atomic mass is 35.5. The Hall–Kier alpha value is -3.88. The largest absolute Gasteiger partial charge is 0.345 e. The second-order valence-electron chi connectivity index (χ2n) is 7.15. The SMILES string of the molecule is C=C1C=Cc2cc(-c3cc(Cl)c4nc[nH]c4c3)c(-c3cccc(C#N)c3C)nc2N1. The lowest BCUT2D eigenvalue weighted by molar-refractivity contribution is 1.25. The van der Waals surface area contributed by atoms with Crippen LogP contribution in [0.1, 0.15) is 16.7 Å². The van der Waals surface area contributed by atoms with Gasteiger partial charge in [-0.1, -0.05) is 30.3 Å². The van der Waals surface area contributed by atoms with Crippen LogP contribution in [-0.4, -0.2) is 15.0 Å². The van der Waals surface area contributed by atoms with Crippen molar-refractivity contribution in [2.75, 3.05) is 5.32 Å². The zero-order chi connectivity index (χ0) is 20.8. The Morgan fingerprint density at radius 2 is 2.00 bits per heavy atom. The van der Waals surface area contributed by atoms with Crippen LogP contribution >= 0.6 is 11.6 Å². The molecule has 0 spiro atoms. The minimum absolute atomic E-state index is 0.567. The van der Waals surface area contributed by atoms with Gasteiger partial charge >= 0.3 is 0 Å². The molecule has 2 aromatic heterocycles. The van der Waals surface area contributed by atoms with Crippen LogP contribution < -0.4 is 5.32 Å². The molecule has 0 unspecified atom stereocenters. The molecule has 0 saturated heterocycles. The number of hydrogen-bond acceptors (Lipinski definition) is 4. The molecule has 5 rings (SSSR count). The summed E-state index contributed by atoms with van der Waals surface area (Å²) in [5, 5.41) is 13.3. The van der Waals surface area contributed by atoms with Gasteiger partial charge in [0.05, 0.1) is 34.2 Å². The summed E-state index contributed by atoms with van der Waals surface area (Å²) in [6.45, 7) is 5.91. The van der Waals surface area contributed by atoms with E-state index in [1.807, 2.05) is 49.4 Å². The number of nitriles is 1. The van der Waals surface area contributed by atoms with E-state index < -0.39 is 0 Å². The molecular formula is C24H16ClN5. The summed E-state index contributed by atoms with van der Waals surface area (Å²) < 4.78 is 0. The minimum atomic E-state index is 0.567. The van der Waals surface area contributed by atoms with Gasteiger partial charge in [-0.15, -0.1) is 0 Å². The number of rotatable bonds is 2. The lowest BCUT2D eigenvalue weighted by Gasteiger charge is -2.19. The van der Waals surface area contributed by atoms with Crippen molar-refractivity contribution in [3.8, 4) is 28.5 Å². The van der Waals surface area contributed by atoms with Crippen LogP contribution in [0.25, 0.3) is 39.5 Å². The molecule has 6 heteroatoms. The summed E-state index contributed by atoms with van der Waals surface area (Å²) in [6, 6.07) is 13.9. The third kappa shape index (κ3) is 2.86. The molecule has 0 fully saturated rings. The monoisotopic (exact) mass is 409 g/mol. The Labute approximate surface area is 178 Å². The number of pyridine rings is 1. The lowest BCUT2D eigenvalue weighted by Crippen LogP contribution is -2.06. The van der Waals surface area contributed by atoms with Crippen molar-refractivity contribution in [1.82, 2.24) is 15.0 Å². The van der Waals surface area contributed by atoms with Gasteiger partial charge < -0.3 is 10.3 Å². The van der Waals surface area contributed by atoms with E-state index in [0.29, 0.717) is 10.6 Å².